The van der Waals surface area contributed by atoms with Gasteiger partial charge in [0.05, 0.1) is 18.5 Å². The van der Waals surface area contributed by atoms with Crippen LogP contribution in [-0.2, 0) is 14.8 Å². The van der Waals surface area contributed by atoms with Crippen molar-refractivity contribution in [3.05, 3.63) is 0 Å². The smallest absolute Gasteiger partial charge is 0.216 e. The van der Waals surface area contributed by atoms with Crippen LogP contribution in [0.5, 0.6) is 0 Å². The summed E-state index contributed by atoms with van der Waals surface area (Å²) < 4.78 is 31.6. The lowest BCUT2D eigenvalue weighted by atomic mass is 9.89. The fourth-order valence-electron chi connectivity index (χ4n) is 3.23. The Morgan fingerprint density at radius 2 is 1.87 bits per heavy atom. The van der Waals surface area contributed by atoms with Gasteiger partial charge < -0.3 is 15.0 Å². The normalized spacial score (nSPS) is 27.3. The molecular formula is C15H32ClN3O3S. The summed E-state index contributed by atoms with van der Waals surface area (Å²) in [6.07, 6.45) is 1.28. The fourth-order valence-corrected chi connectivity index (χ4v) is 4.51. The van der Waals surface area contributed by atoms with E-state index in [0.29, 0.717) is 18.5 Å². The molecule has 1 unspecified atom stereocenters. The van der Waals surface area contributed by atoms with Gasteiger partial charge in [0.25, 0.3) is 0 Å². The number of sulfonamides is 1. The van der Waals surface area contributed by atoms with Crippen LogP contribution in [0.3, 0.4) is 0 Å². The molecular weight excluding hydrogens is 338 g/mol. The molecule has 0 spiro atoms. The van der Waals surface area contributed by atoms with Gasteiger partial charge in [-0.15, -0.1) is 12.4 Å². The Bertz CT molecular complexity index is 445. The van der Waals surface area contributed by atoms with Crippen LogP contribution >= 0.6 is 12.4 Å². The van der Waals surface area contributed by atoms with Gasteiger partial charge >= 0.3 is 0 Å². The van der Waals surface area contributed by atoms with Gasteiger partial charge in [0.2, 0.25) is 10.0 Å². The molecule has 2 fully saturated rings. The minimum absolute atomic E-state index is 0. The van der Waals surface area contributed by atoms with E-state index in [1.54, 1.807) is 4.31 Å². The molecule has 2 aliphatic heterocycles. The first-order valence-electron chi connectivity index (χ1n) is 8.33. The van der Waals surface area contributed by atoms with Crippen molar-refractivity contribution >= 4 is 22.4 Å². The van der Waals surface area contributed by atoms with Crippen molar-refractivity contribution in [3.8, 4) is 0 Å². The lowest BCUT2D eigenvalue weighted by Crippen LogP contribution is -2.52. The third kappa shape index (κ3) is 6.48. The molecule has 2 saturated heterocycles. The Morgan fingerprint density at radius 1 is 1.22 bits per heavy atom. The van der Waals surface area contributed by atoms with Crippen LogP contribution in [0.25, 0.3) is 0 Å². The molecule has 2 heterocycles. The summed E-state index contributed by atoms with van der Waals surface area (Å²) in [6.45, 7) is 12.5. The minimum Gasteiger partial charge on any atom is -0.378 e. The zero-order valence-electron chi connectivity index (χ0n) is 14.6. The van der Waals surface area contributed by atoms with Crippen LogP contribution in [0.15, 0.2) is 0 Å². The predicted molar refractivity (Wildman–Crippen MR) is 95.7 cm³/mol. The molecule has 0 radical (unpaired) electrons. The summed E-state index contributed by atoms with van der Waals surface area (Å²) >= 11 is 0. The Labute approximate surface area is 147 Å². The van der Waals surface area contributed by atoms with Crippen LogP contribution in [0, 0.1) is 5.41 Å². The van der Waals surface area contributed by atoms with Crippen LogP contribution in [0.1, 0.15) is 27.2 Å². The molecule has 0 aromatic rings. The molecule has 2 aliphatic rings. The maximum absolute atomic E-state index is 12.3. The van der Waals surface area contributed by atoms with Crippen molar-refractivity contribution in [1.29, 1.82) is 0 Å². The third-order valence-corrected chi connectivity index (χ3v) is 6.41. The molecule has 6 nitrogen and oxygen atoms in total. The van der Waals surface area contributed by atoms with E-state index in [2.05, 4.69) is 17.1 Å². The average molecular weight is 370 g/mol. The second-order valence-corrected chi connectivity index (χ2v) is 9.24. The first-order chi connectivity index (χ1) is 10.3. The monoisotopic (exact) mass is 369 g/mol. The average Bonchev–Trinajstić information content (AvgIpc) is 2.85. The van der Waals surface area contributed by atoms with E-state index in [4.69, 9.17) is 4.74 Å². The quantitative estimate of drug-likeness (QED) is 0.718. The highest BCUT2D eigenvalue weighted by Gasteiger charge is 2.33. The number of nitrogens with zero attached hydrogens (tertiary/aromatic N) is 2. The summed E-state index contributed by atoms with van der Waals surface area (Å²) in [6, 6.07) is 0. The molecule has 1 N–H and O–H groups in total. The molecule has 0 aromatic carbocycles. The molecule has 0 bridgehead atoms. The standard InChI is InChI=1S/C15H31N3O3S.ClH/c1-14(2)21-10-11-22(19,20)18-8-6-17(7-9-18)13-15(3)4-5-16-12-15;/h14,16H,4-13H2,1-3H3;1H. The number of rotatable bonds is 7. The van der Waals surface area contributed by atoms with Crippen molar-refractivity contribution < 1.29 is 13.2 Å². The van der Waals surface area contributed by atoms with E-state index < -0.39 is 10.0 Å². The number of piperazine rings is 1. The molecule has 8 heteroatoms. The minimum atomic E-state index is -3.18. The Hall–Kier alpha value is 0.0800. The van der Waals surface area contributed by atoms with Crippen molar-refractivity contribution in [2.45, 2.75) is 33.3 Å². The van der Waals surface area contributed by atoms with Gasteiger partial charge in [-0.25, -0.2) is 8.42 Å². The molecule has 0 aliphatic carbocycles. The van der Waals surface area contributed by atoms with Crippen LogP contribution in [0.4, 0.5) is 0 Å². The fraction of sp³-hybridized carbons (Fsp3) is 1.00. The highest BCUT2D eigenvalue weighted by atomic mass is 35.5. The zero-order valence-corrected chi connectivity index (χ0v) is 16.2. The highest BCUT2D eigenvalue weighted by Crippen LogP contribution is 2.26. The number of halogens is 1. The van der Waals surface area contributed by atoms with Gasteiger partial charge in [0.15, 0.2) is 0 Å². The second kappa shape index (κ2) is 8.97. The number of hydrogen-bond donors (Lipinski definition) is 1. The topological polar surface area (TPSA) is 61.9 Å². The van der Waals surface area contributed by atoms with Gasteiger partial charge in [-0.1, -0.05) is 6.92 Å². The van der Waals surface area contributed by atoms with Gasteiger partial charge in [0.1, 0.15) is 0 Å². The molecule has 0 amide bonds. The van der Waals surface area contributed by atoms with E-state index in [1.807, 2.05) is 13.8 Å². The summed E-state index contributed by atoms with van der Waals surface area (Å²) in [5, 5.41) is 3.42. The number of ether oxygens (including phenoxy) is 1. The Morgan fingerprint density at radius 3 is 2.39 bits per heavy atom. The summed E-state index contributed by atoms with van der Waals surface area (Å²) in [4.78, 5) is 2.41. The molecule has 1 atom stereocenters. The van der Waals surface area contributed by atoms with Crippen LogP contribution < -0.4 is 5.32 Å². The molecule has 0 aromatic heterocycles. The van der Waals surface area contributed by atoms with E-state index in [0.717, 1.165) is 32.7 Å². The van der Waals surface area contributed by atoms with E-state index in [1.165, 1.54) is 6.42 Å². The molecule has 138 valence electrons. The number of hydrogen-bond acceptors (Lipinski definition) is 5. The largest absolute Gasteiger partial charge is 0.378 e. The second-order valence-electron chi connectivity index (χ2n) is 7.15. The predicted octanol–water partition coefficient (Wildman–Crippen LogP) is 0.780. The van der Waals surface area contributed by atoms with E-state index in [9.17, 15) is 8.42 Å². The Kier molecular flexibility index (Phi) is 8.23. The SMILES string of the molecule is CC(C)OCCS(=O)(=O)N1CCN(CC2(C)CCNC2)CC1.Cl. The van der Waals surface area contributed by atoms with Crippen molar-refractivity contribution in [1.82, 2.24) is 14.5 Å². The van der Waals surface area contributed by atoms with Crippen LogP contribution in [-0.4, -0.2) is 81.9 Å². The maximum atomic E-state index is 12.3. The van der Waals surface area contributed by atoms with Gasteiger partial charge in [0, 0.05) is 39.3 Å². The maximum Gasteiger partial charge on any atom is 0.216 e. The van der Waals surface area contributed by atoms with Gasteiger partial charge in [-0.2, -0.15) is 4.31 Å². The van der Waals surface area contributed by atoms with Gasteiger partial charge in [-0.3, -0.25) is 0 Å². The zero-order chi connectivity index (χ0) is 16.2. The summed E-state index contributed by atoms with van der Waals surface area (Å²) in [5.74, 6) is 0.0901. The lowest BCUT2D eigenvalue weighted by Gasteiger charge is -2.38. The van der Waals surface area contributed by atoms with Crippen LogP contribution in [0.2, 0.25) is 0 Å². The first kappa shape index (κ1) is 21.1. The van der Waals surface area contributed by atoms with E-state index >= 15 is 0 Å². The summed E-state index contributed by atoms with van der Waals surface area (Å²) in [5.41, 5.74) is 0.339. The first-order valence-corrected chi connectivity index (χ1v) is 9.94. The molecule has 0 saturated carbocycles. The third-order valence-electron chi connectivity index (χ3n) is 4.58. The number of nitrogens with one attached hydrogen (secondary N) is 1. The van der Waals surface area contributed by atoms with Crippen molar-refractivity contribution in [2.75, 3.05) is 58.2 Å². The highest BCUT2D eigenvalue weighted by molar-refractivity contribution is 7.89. The Balaban J connectivity index is 0.00000264. The van der Waals surface area contributed by atoms with Crippen molar-refractivity contribution in [3.63, 3.8) is 0 Å². The summed E-state index contributed by atoms with van der Waals surface area (Å²) in [7, 11) is -3.18. The molecule has 23 heavy (non-hydrogen) atoms. The van der Waals surface area contributed by atoms with E-state index in [-0.39, 0.29) is 30.9 Å². The van der Waals surface area contributed by atoms with Crippen molar-refractivity contribution in [2.24, 2.45) is 5.41 Å². The van der Waals surface area contributed by atoms with Gasteiger partial charge in [-0.05, 0) is 32.2 Å². The molecule has 2 rings (SSSR count). The lowest BCUT2D eigenvalue weighted by molar-refractivity contribution is 0.0898.